The van der Waals surface area contributed by atoms with Crippen molar-refractivity contribution in [2.45, 2.75) is 38.0 Å². The zero-order valence-corrected chi connectivity index (χ0v) is 11.2. The van der Waals surface area contributed by atoms with Gasteiger partial charge in [-0.25, -0.2) is 0 Å². The van der Waals surface area contributed by atoms with E-state index in [4.69, 9.17) is 0 Å². The van der Waals surface area contributed by atoms with Crippen LogP contribution in [0.1, 0.15) is 24.5 Å². The van der Waals surface area contributed by atoms with Gasteiger partial charge in [-0.2, -0.15) is 0 Å². The number of benzene rings is 1. The first-order valence-electron chi connectivity index (χ1n) is 6.86. The molecule has 1 aromatic carbocycles. The van der Waals surface area contributed by atoms with Gasteiger partial charge in [0.25, 0.3) is 0 Å². The Bertz CT molecular complexity index is 499. The topological polar surface area (TPSA) is 52.6 Å². The van der Waals surface area contributed by atoms with Gasteiger partial charge in [0.05, 0.1) is 11.6 Å². The molecule has 1 saturated heterocycles. The maximum atomic E-state index is 12.5. The van der Waals surface area contributed by atoms with Crippen molar-refractivity contribution in [3.05, 3.63) is 35.4 Å². The van der Waals surface area contributed by atoms with Crippen molar-refractivity contribution in [2.75, 3.05) is 13.1 Å². The fourth-order valence-electron chi connectivity index (χ4n) is 2.98. The monoisotopic (exact) mass is 260 g/mol. The first kappa shape index (κ1) is 12.6. The molecule has 1 aromatic rings. The van der Waals surface area contributed by atoms with Crippen LogP contribution < -0.4 is 5.32 Å². The maximum Gasteiger partial charge on any atom is 0.240 e. The summed E-state index contributed by atoms with van der Waals surface area (Å²) in [5.74, 6) is 0.118. The summed E-state index contributed by atoms with van der Waals surface area (Å²) in [4.78, 5) is 14.2. The molecule has 0 aromatic heterocycles. The Labute approximate surface area is 113 Å². The Kier molecular flexibility index (Phi) is 3.07. The van der Waals surface area contributed by atoms with E-state index in [0.29, 0.717) is 19.5 Å². The van der Waals surface area contributed by atoms with E-state index < -0.39 is 5.60 Å². The van der Waals surface area contributed by atoms with Crippen molar-refractivity contribution in [1.82, 2.24) is 10.2 Å². The Balaban J connectivity index is 1.70. The molecule has 2 atom stereocenters. The average molecular weight is 260 g/mol. The van der Waals surface area contributed by atoms with Gasteiger partial charge in [0.15, 0.2) is 0 Å². The molecule has 4 nitrogen and oxygen atoms in total. The predicted molar refractivity (Wildman–Crippen MR) is 72.6 cm³/mol. The average Bonchev–Trinajstić information content (AvgIpc) is 2.78. The predicted octanol–water partition coefficient (Wildman–Crippen LogP) is 0.684. The lowest BCUT2D eigenvalue weighted by Crippen LogP contribution is -2.49. The molecule has 2 heterocycles. The third kappa shape index (κ3) is 2.51. The van der Waals surface area contributed by atoms with Gasteiger partial charge >= 0.3 is 0 Å². The van der Waals surface area contributed by atoms with Crippen LogP contribution in [0.5, 0.6) is 0 Å². The number of rotatable bonds is 1. The molecular formula is C15H20N2O2. The molecule has 1 amide bonds. The molecule has 0 saturated carbocycles. The second-order valence-electron chi connectivity index (χ2n) is 5.91. The molecule has 3 rings (SSSR count). The van der Waals surface area contributed by atoms with Gasteiger partial charge in [-0.3, -0.25) is 4.79 Å². The molecular weight excluding hydrogens is 240 g/mol. The van der Waals surface area contributed by atoms with Gasteiger partial charge < -0.3 is 15.3 Å². The first-order valence-corrected chi connectivity index (χ1v) is 6.86. The third-order valence-electron chi connectivity index (χ3n) is 4.14. The fraction of sp³-hybridized carbons (Fsp3) is 0.533. The standard InChI is InChI=1S/C15H20N2O2/c1-15(19)6-7-17(10-15)14(18)13-8-11-4-2-3-5-12(11)9-16-13/h2-5,13,16,19H,6-10H2,1H3. The van der Waals surface area contributed by atoms with Gasteiger partial charge in [-0.05, 0) is 30.9 Å². The number of likely N-dealkylation sites (tertiary alicyclic amines) is 1. The largest absolute Gasteiger partial charge is 0.388 e. The number of nitrogens with one attached hydrogen (secondary N) is 1. The van der Waals surface area contributed by atoms with E-state index in [1.807, 2.05) is 12.1 Å². The van der Waals surface area contributed by atoms with Crippen LogP contribution in [0.2, 0.25) is 0 Å². The van der Waals surface area contributed by atoms with Crippen LogP contribution in [0.3, 0.4) is 0 Å². The molecule has 2 aliphatic heterocycles. The van der Waals surface area contributed by atoms with Crippen LogP contribution in [0.25, 0.3) is 0 Å². The lowest BCUT2D eigenvalue weighted by molar-refractivity contribution is -0.133. The number of carbonyl (C=O) groups excluding carboxylic acids is 1. The summed E-state index contributed by atoms with van der Waals surface area (Å²) >= 11 is 0. The van der Waals surface area contributed by atoms with Crippen molar-refractivity contribution in [3.63, 3.8) is 0 Å². The maximum absolute atomic E-state index is 12.5. The molecule has 19 heavy (non-hydrogen) atoms. The Morgan fingerprint density at radius 2 is 2.16 bits per heavy atom. The molecule has 102 valence electrons. The van der Waals surface area contributed by atoms with Crippen LogP contribution in [0.15, 0.2) is 24.3 Å². The highest BCUT2D eigenvalue weighted by Gasteiger charge is 2.37. The molecule has 2 aliphatic rings. The molecule has 2 N–H and O–H groups in total. The summed E-state index contributed by atoms with van der Waals surface area (Å²) in [6.07, 6.45) is 1.41. The number of nitrogens with zero attached hydrogens (tertiary/aromatic N) is 1. The van der Waals surface area contributed by atoms with Crippen LogP contribution in [-0.4, -0.2) is 40.6 Å². The number of hydrogen-bond acceptors (Lipinski definition) is 3. The Morgan fingerprint density at radius 3 is 2.84 bits per heavy atom. The second-order valence-corrected chi connectivity index (χ2v) is 5.91. The number of hydrogen-bond donors (Lipinski definition) is 2. The van der Waals surface area contributed by atoms with Crippen LogP contribution in [-0.2, 0) is 17.8 Å². The number of amides is 1. The normalized spacial score (nSPS) is 30.2. The van der Waals surface area contributed by atoms with Crippen molar-refractivity contribution in [3.8, 4) is 0 Å². The number of carbonyl (C=O) groups is 1. The van der Waals surface area contributed by atoms with Crippen molar-refractivity contribution < 1.29 is 9.90 Å². The highest BCUT2D eigenvalue weighted by Crippen LogP contribution is 2.23. The van der Waals surface area contributed by atoms with Gasteiger partial charge in [-0.1, -0.05) is 24.3 Å². The summed E-state index contributed by atoms with van der Waals surface area (Å²) < 4.78 is 0. The highest BCUT2D eigenvalue weighted by molar-refractivity contribution is 5.83. The summed E-state index contributed by atoms with van der Waals surface area (Å²) in [6.45, 7) is 3.65. The Morgan fingerprint density at radius 1 is 1.42 bits per heavy atom. The third-order valence-corrected chi connectivity index (χ3v) is 4.14. The zero-order chi connectivity index (χ0) is 13.5. The first-order chi connectivity index (χ1) is 9.05. The van der Waals surface area contributed by atoms with Gasteiger partial charge in [0.2, 0.25) is 5.91 Å². The van der Waals surface area contributed by atoms with Crippen molar-refractivity contribution >= 4 is 5.91 Å². The van der Waals surface area contributed by atoms with Gasteiger partial charge in [0, 0.05) is 19.6 Å². The Hall–Kier alpha value is -1.39. The number of β-amino-alcohol motifs (C(OH)–C–C–N with tert-alkyl or cyclic N) is 1. The van der Waals surface area contributed by atoms with E-state index in [2.05, 4.69) is 17.4 Å². The van der Waals surface area contributed by atoms with E-state index >= 15 is 0 Å². The van der Waals surface area contributed by atoms with Crippen LogP contribution in [0, 0.1) is 0 Å². The molecule has 0 spiro atoms. The molecule has 0 bridgehead atoms. The highest BCUT2D eigenvalue weighted by atomic mass is 16.3. The van der Waals surface area contributed by atoms with Gasteiger partial charge in [0.1, 0.15) is 0 Å². The zero-order valence-electron chi connectivity index (χ0n) is 11.2. The van der Waals surface area contributed by atoms with Gasteiger partial charge in [-0.15, -0.1) is 0 Å². The lowest BCUT2D eigenvalue weighted by Gasteiger charge is -2.29. The SMILES string of the molecule is CC1(O)CCN(C(=O)C2Cc3ccccc3CN2)C1. The minimum Gasteiger partial charge on any atom is -0.388 e. The molecule has 4 heteroatoms. The van der Waals surface area contributed by atoms with E-state index in [1.54, 1.807) is 11.8 Å². The van der Waals surface area contributed by atoms with Crippen molar-refractivity contribution in [2.24, 2.45) is 0 Å². The quantitative estimate of drug-likeness (QED) is 0.781. The summed E-state index contributed by atoms with van der Waals surface area (Å²) in [6, 6.07) is 8.09. The van der Waals surface area contributed by atoms with E-state index in [-0.39, 0.29) is 11.9 Å². The summed E-state index contributed by atoms with van der Waals surface area (Å²) in [5.41, 5.74) is 1.81. The van der Waals surface area contributed by atoms with E-state index in [0.717, 1.165) is 13.0 Å². The van der Waals surface area contributed by atoms with Crippen LogP contribution in [0.4, 0.5) is 0 Å². The van der Waals surface area contributed by atoms with E-state index in [9.17, 15) is 9.90 Å². The lowest BCUT2D eigenvalue weighted by atomic mass is 9.95. The minimum absolute atomic E-state index is 0.118. The molecule has 0 radical (unpaired) electrons. The summed E-state index contributed by atoms with van der Waals surface area (Å²) in [7, 11) is 0. The minimum atomic E-state index is -0.720. The number of fused-ring (bicyclic) bond motifs is 1. The fourth-order valence-corrected chi connectivity index (χ4v) is 2.98. The smallest absolute Gasteiger partial charge is 0.240 e. The summed E-state index contributed by atoms with van der Waals surface area (Å²) in [5, 5.41) is 13.3. The molecule has 1 fully saturated rings. The van der Waals surface area contributed by atoms with Crippen LogP contribution >= 0.6 is 0 Å². The van der Waals surface area contributed by atoms with E-state index in [1.165, 1.54) is 11.1 Å². The van der Waals surface area contributed by atoms with Crippen molar-refractivity contribution in [1.29, 1.82) is 0 Å². The number of aliphatic hydroxyl groups is 1. The second kappa shape index (κ2) is 4.62. The molecule has 0 aliphatic carbocycles. The molecule has 2 unspecified atom stereocenters.